The summed E-state index contributed by atoms with van der Waals surface area (Å²) in [7, 11) is 0. The molecule has 0 aliphatic heterocycles. The molecule has 0 amide bonds. The Balaban J connectivity index is 2.40. The van der Waals surface area contributed by atoms with Gasteiger partial charge in [-0.25, -0.2) is 4.79 Å². The third-order valence-corrected chi connectivity index (χ3v) is 3.32. The normalized spacial score (nSPS) is 10.6. The van der Waals surface area contributed by atoms with E-state index in [2.05, 4.69) is 0 Å². The van der Waals surface area contributed by atoms with E-state index in [1.54, 1.807) is 42.0 Å². The van der Waals surface area contributed by atoms with Crippen LogP contribution in [0.3, 0.4) is 0 Å². The largest absolute Gasteiger partial charge is 0.477 e. The Kier molecular flexibility index (Phi) is 3.64. The van der Waals surface area contributed by atoms with Gasteiger partial charge in [0.1, 0.15) is 5.69 Å². The Morgan fingerprint density at radius 2 is 2.06 bits per heavy atom. The van der Waals surface area contributed by atoms with E-state index in [4.69, 9.17) is 28.3 Å². The molecule has 0 spiro atoms. The molecule has 2 rings (SSSR count). The first-order valence-electron chi connectivity index (χ1n) is 5.32. The highest BCUT2D eigenvalue weighted by Crippen LogP contribution is 2.23. The number of carboxylic acid groups (broad SMARTS) is 1. The van der Waals surface area contributed by atoms with Crippen molar-refractivity contribution in [2.45, 2.75) is 13.5 Å². The van der Waals surface area contributed by atoms with Gasteiger partial charge in [0.25, 0.3) is 0 Å². The van der Waals surface area contributed by atoms with Crippen LogP contribution >= 0.6 is 23.2 Å². The number of hydrogen-bond donors (Lipinski definition) is 1. The van der Waals surface area contributed by atoms with E-state index in [0.717, 1.165) is 11.1 Å². The van der Waals surface area contributed by atoms with Gasteiger partial charge in [-0.15, -0.1) is 0 Å². The van der Waals surface area contributed by atoms with Crippen LogP contribution in [0, 0.1) is 6.92 Å². The average Bonchev–Trinajstić information content (AvgIpc) is 2.65. The van der Waals surface area contributed by atoms with Gasteiger partial charge in [-0.2, -0.15) is 0 Å². The number of rotatable bonds is 3. The predicted octanol–water partition coefficient (Wildman–Crippen LogP) is 3.85. The van der Waals surface area contributed by atoms with Gasteiger partial charge in [0.05, 0.1) is 0 Å². The summed E-state index contributed by atoms with van der Waals surface area (Å²) in [6.07, 6.45) is 1.73. The van der Waals surface area contributed by atoms with Crippen molar-refractivity contribution < 1.29 is 9.90 Å². The van der Waals surface area contributed by atoms with E-state index < -0.39 is 5.97 Å². The minimum absolute atomic E-state index is 0.269. The molecule has 1 aromatic carbocycles. The maximum Gasteiger partial charge on any atom is 0.352 e. The molecular formula is C13H11Cl2NO2. The van der Waals surface area contributed by atoms with E-state index >= 15 is 0 Å². The first-order chi connectivity index (χ1) is 8.49. The maximum absolute atomic E-state index is 11.2. The van der Waals surface area contributed by atoms with Gasteiger partial charge in [-0.1, -0.05) is 23.2 Å². The fourth-order valence-electron chi connectivity index (χ4n) is 1.85. The topological polar surface area (TPSA) is 42.2 Å². The Labute approximate surface area is 115 Å². The molecule has 1 N–H and O–H groups in total. The monoisotopic (exact) mass is 283 g/mol. The van der Waals surface area contributed by atoms with Crippen molar-refractivity contribution in [2.24, 2.45) is 0 Å². The zero-order valence-electron chi connectivity index (χ0n) is 9.65. The van der Waals surface area contributed by atoms with E-state index in [1.165, 1.54) is 0 Å². The molecule has 1 aromatic heterocycles. The molecule has 0 radical (unpaired) electrons. The summed E-state index contributed by atoms with van der Waals surface area (Å²) in [4.78, 5) is 11.2. The van der Waals surface area contributed by atoms with Crippen LogP contribution in [-0.4, -0.2) is 15.6 Å². The van der Waals surface area contributed by atoms with Crippen LogP contribution in [0.1, 0.15) is 21.6 Å². The molecule has 0 saturated carbocycles. The summed E-state index contributed by atoms with van der Waals surface area (Å²) in [5.41, 5.74) is 1.79. The molecule has 0 atom stereocenters. The number of aromatic carboxylic acids is 1. The lowest BCUT2D eigenvalue weighted by atomic mass is 10.2. The van der Waals surface area contributed by atoms with Crippen LogP contribution in [0.25, 0.3) is 0 Å². The molecule has 0 unspecified atom stereocenters. The summed E-state index contributed by atoms with van der Waals surface area (Å²) in [6, 6.07) is 6.91. The Hall–Kier alpha value is -1.45. The van der Waals surface area contributed by atoms with Crippen molar-refractivity contribution in [1.29, 1.82) is 0 Å². The maximum atomic E-state index is 11.2. The van der Waals surface area contributed by atoms with Gasteiger partial charge < -0.3 is 9.67 Å². The fourth-order valence-corrected chi connectivity index (χ4v) is 2.23. The fraction of sp³-hybridized carbons (Fsp3) is 0.154. The molecule has 2 aromatic rings. The summed E-state index contributed by atoms with van der Waals surface area (Å²) >= 11 is 12.0. The number of nitrogens with zero attached hydrogens (tertiary/aromatic N) is 1. The molecular weight excluding hydrogens is 273 g/mol. The van der Waals surface area contributed by atoms with Gasteiger partial charge in [0, 0.05) is 22.8 Å². The molecule has 0 saturated heterocycles. The number of carboxylic acids is 1. The number of benzene rings is 1. The average molecular weight is 284 g/mol. The van der Waals surface area contributed by atoms with Gasteiger partial charge in [0.2, 0.25) is 0 Å². The Morgan fingerprint density at radius 3 is 2.72 bits per heavy atom. The van der Waals surface area contributed by atoms with E-state index in [9.17, 15) is 4.79 Å². The first kappa shape index (κ1) is 13.0. The quantitative estimate of drug-likeness (QED) is 0.930. The van der Waals surface area contributed by atoms with Crippen molar-refractivity contribution in [3.63, 3.8) is 0 Å². The van der Waals surface area contributed by atoms with Crippen LogP contribution in [0.15, 0.2) is 30.5 Å². The zero-order valence-corrected chi connectivity index (χ0v) is 11.2. The minimum atomic E-state index is -0.948. The van der Waals surface area contributed by atoms with Crippen LogP contribution < -0.4 is 0 Å². The summed E-state index contributed by atoms with van der Waals surface area (Å²) in [5.74, 6) is -0.948. The van der Waals surface area contributed by atoms with Crippen molar-refractivity contribution in [3.05, 3.63) is 57.3 Å². The van der Waals surface area contributed by atoms with Crippen LogP contribution in [-0.2, 0) is 6.54 Å². The van der Waals surface area contributed by atoms with Crippen LogP contribution in [0.2, 0.25) is 10.0 Å². The second-order valence-corrected chi connectivity index (χ2v) is 4.86. The second kappa shape index (κ2) is 5.04. The Morgan fingerprint density at radius 1 is 1.33 bits per heavy atom. The molecule has 0 aliphatic carbocycles. The molecule has 1 heterocycles. The molecule has 0 bridgehead atoms. The highest BCUT2D eigenvalue weighted by molar-refractivity contribution is 6.33. The second-order valence-electron chi connectivity index (χ2n) is 4.02. The third kappa shape index (κ3) is 2.52. The van der Waals surface area contributed by atoms with Crippen molar-refractivity contribution in [1.82, 2.24) is 4.57 Å². The van der Waals surface area contributed by atoms with Crippen molar-refractivity contribution in [3.8, 4) is 0 Å². The third-order valence-electron chi connectivity index (χ3n) is 2.72. The lowest BCUT2D eigenvalue weighted by Gasteiger charge is -2.09. The van der Waals surface area contributed by atoms with Crippen molar-refractivity contribution >= 4 is 29.2 Å². The van der Waals surface area contributed by atoms with Gasteiger partial charge >= 0.3 is 5.97 Å². The molecule has 5 heteroatoms. The van der Waals surface area contributed by atoms with E-state index in [-0.39, 0.29) is 5.69 Å². The van der Waals surface area contributed by atoms with Gasteiger partial charge in [0.15, 0.2) is 0 Å². The molecule has 0 aliphatic rings. The number of carbonyl (C=O) groups is 1. The molecule has 94 valence electrons. The summed E-state index contributed by atoms with van der Waals surface area (Å²) in [5, 5.41) is 10.3. The number of aromatic nitrogens is 1. The molecule has 18 heavy (non-hydrogen) atoms. The standard InChI is InChI=1S/C13H11Cl2NO2/c1-8-4-5-16(12(8)13(17)18)7-9-6-10(14)2-3-11(9)15/h2-6H,7H2,1H3,(H,17,18). The molecule has 0 fully saturated rings. The van der Waals surface area contributed by atoms with Gasteiger partial charge in [-0.05, 0) is 42.3 Å². The minimum Gasteiger partial charge on any atom is -0.477 e. The molecule has 3 nitrogen and oxygen atoms in total. The first-order valence-corrected chi connectivity index (χ1v) is 6.07. The van der Waals surface area contributed by atoms with Crippen LogP contribution in [0.4, 0.5) is 0 Å². The number of halogens is 2. The summed E-state index contributed by atoms with van der Waals surface area (Å²) < 4.78 is 1.65. The Bertz CT molecular complexity index is 605. The van der Waals surface area contributed by atoms with E-state index in [0.29, 0.717) is 16.6 Å². The lowest BCUT2D eigenvalue weighted by Crippen LogP contribution is -2.10. The van der Waals surface area contributed by atoms with Gasteiger partial charge in [-0.3, -0.25) is 0 Å². The smallest absolute Gasteiger partial charge is 0.352 e. The SMILES string of the molecule is Cc1ccn(Cc2cc(Cl)ccc2Cl)c1C(=O)O. The predicted molar refractivity (Wildman–Crippen MR) is 71.7 cm³/mol. The zero-order chi connectivity index (χ0) is 13.3. The highest BCUT2D eigenvalue weighted by Gasteiger charge is 2.14. The number of aryl methyl sites for hydroxylation is 1. The van der Waals surface area contributed by atoms with Crippen molar-refractivity contribution in [2.75, 3.05) is 0 Å². The lowest BCUT2D eigenvalue weighted by molar-refractivity contribution is 0.0685. The highest BCUT2D eigenvalue weighted by atomic mass is 35.5. The van der Waals surface area contributed by atoms with Crippen LogP contribution in [0.5, 0.6) is 0 Å². The number of hydrogen-bond acceptors (Lipinski definition) is 1. The van der Waals surface area contributed by atoms with E-state index in [1.807, 2.05) is 0 Å². The summed E-state index contributed by atoms with van der Waals surface area (Å²) in [6.45, 7) is 2.15.